The Morgan fingerprint density at radius 2 is 1.79 bits per heavy atom. The van der Waals surface area contributed by atoms with Crippen LogP contribution in [0, 0.1) is 0 Å². The number of likely N-dealkylation sites (N-methyl/N-ethyl adjacent to an activating group) is 1. The minimum absolute atomic E-state index is 0.253. The largest absolute Gasteiger partial charge is 0.454 e. The van der Waals surface area contributed by atoms with Gasteiger partial charge >= 0.3 is 5.97 Å². The molecule has 0 unspecified atom stereocenters. The molecule has 0 saturated heterocycles. The molecule has 7 nitrogen and oxygen atoms in total. The molecular weight excluding hydrogens is 390 g/mol. The van der Waals surface area contributed by atoms with E-state index in [1.807, 2.05) is 31.2 Å². The summed E-state index contributed by atoms with van der Waals surface area (Å²) in [5, 5.41) is 3.28. The van der Waals surface area contributed by atoms with Gasteiger partial charge in [-0.2, -0.15) is 0 Å². The number of hydrogen-bond donors (Lipinski definition) is 1. The second-order valence-electron chi connectivity index (χ2n) is 6.41. The van der Waals surface area contributed by atoms with Gasteiger partial charge in [0.1, 0.15) is 11.6 Å². The normalized spacial score (nSPS) is 11.7. The summed E-state index contributed by atoms with van der Waals surface area (Å²) >= 11 is 1.52. The summed E-state index contributed by atoms with van der Waals surface area (Å²) in [6, 6.07) is 16.1. The van der Waals surface area contributed by atoms with Gasteiger partial charge in [0.05, 0.1) is 16.3 Å². The van der Waals surface area contributed by atoms with Crippen LogP contribution in [0.4, 0.5) is 0 Å². The predicted molar refractivity (Wildman–Crippen MR) is 111 cm³/mol. The standard InChI is InChI=1S/C21H21N3O4S/c1-14(21-23-16-10-6-7-11-17(16)29-21)24(2)18(25)13-28-19(26)12-22-20(27)15-8-4-3-5-9-15/h3-11,14H,12-13H2,1-2H3,(H,22,27)/t14-/m1/s1. The van der Waals surface area contributed by atoms with Crippen molar-refractivity contribution in [1.82, 2.24) is 15.2 Å². The summed E-state index contributed by atoms with van der Waals surface area (Å²) in [6.07, 6.45) is 0. The molecule has 0 fully saturated rings. The molecule has 0 aliphatic carbocycles. The minimum atomic E-state index is -0.677. The number of carbonyl (C=O) groups is 3. The number of carbonyl (C=O) groups excluding carboxylic acids is 3. The summed E-state index contributed by atoms with van der Waals surface area (Å²) in [5.41, 5.74) is 1.33. The quantitative estimate of drug-likeness (QED) is 0.604. The van der Waals surface area contributed by atoms with Crippen molar-refractivity contribution >= 4 is 39.3 Å². The van der Waals surface area contributed by atoms with Crippen LogP contribution in [-0.4, -0.2) is 47.9 Å². The lowest BCUT2D eigenvalue weighted by Gasteiger charge is -2.23. The van der Waals surface area contributed by atoms with Gasteiger partial charge in [-0.15, -0.1) is 11.3 Å². The van der Waals surface area contributed by atoms with E-state index < -0.39 is 12.6 Å². The first-order chi connectivity index (χ1) is 14.0. The first-order valence-electron chi connectivity index (χ1n) is 9.05. The molecule has 0 bridgehead atoms. The first kappa shape index (κ1) is 20.5. The molecular formula is C21H21N3O4S. The Hall–Kier alpha value is -3.26. The average Bonchev–Trinajstić information content (AvgIpc) is 3.19. The van der Waals surface area contributed by atoms with Gasteiger partial charge in [0.2, 0.25) is 0 Å². The van der Waals surface area contributed by atoms with Gasteiger partial charge < -0.3 is 15.0 Å². The van der Waals surface area contributed by atoms with E-state index in [4.69, 9.17) is 4.74 Å². The van der Waals surface area contributed by atoms with E-state index in [1.165, 1.54) is 16.2 Å². The molecule has 1 heterocycles. The van der Waals surface area contributed by atoms with Crippen LogP contribution < -0.4 is 5.32 Å². The second-order valence-corrected chi connectivity index (χ2v) is 7.47. The fourth-order valence-corrected chi connectivity index (χ4v) is 3.65. The molecule has 150 valence electrons. The number of thiazole rings is 1. The van der Waals surface area contributed by atoms with Gasteiger partial charge in [0.15, 0.2) is 6.61 Å². The molecule has 3 rings (SSSR count). The van der Waals surface area contributed by atoms with E-state index >= 15 is 0 Å². The SMILES string of the molecule is C[C@H](c1nc2ccccc2s1)N(C)C(=O)COC(=O)CNC(=O)c1ccccc1. The lowest BCUT2D eigenvalue weighted by molar-refractivity contribution is -0.151. The fourth-order valence-electron chi connectivity index (χ4n) is 2.59. The maximum absolute atomic E-state index is 12.4. The number of esters is 1. The smallest absolute Gasteiger partial charge is 0.325 e. The number of nitrogens with zero attached hydrogens (tertiary/aromatic N) is 2. The van der Waals surface area contributed by atoms with Crippen molar-refractivity contribution in [3.8, 4) is 0 Å². The van der Waals surface area contributed by atoms with Crippen LogP contribution in [0.3, 0.4) is 0 Å². The molecule has 0 aliphatic rings. The summed E-state index contributed by atoms with van der Waals surface area (Å²) in [6.45, 7) is 1.17. The summed E-state index contributed by atoms with van der Waals surface area (Å²) in [5.74, 6) is -1.40. The van der Waals surface area contributed by atoms with Crippen molar-refractivity contribution in [2.75, 3.05) is 20.2 Å². The third kappa shape index (κ3) is 5.17. The number of rotatable bonds is 7. The minimum Gasteiger partial charge on any atom is -0.454 e. The molecule has 2 amide bonds. The zero-order valence-corrected chi connectivity index (χ0v) is 16.9. The molecule has 1 atom stereocenters. The molecule has 1 aromatic heterocycles. The van der Waals surface area contributed by atoms with Crippen molar-refractivity contribution in [3.05, 3.63) is 65.2 Å². The van der Waals surface area contributed by atoms with E-state index in [0.29, 0.717) is 5.56 Å². The number of amides is 2. The molecule has 2 aromatic carbocycles. The Morgan fingerprint density at radius 3 is 2.52 bits per heavy atom. The van der Waals surface area contributed by atoms with Gasteiger partial charge in [-0.05, 0) is 31.2 Å². The molecule has 0 saturated carbocycles. The zero-order valence-electron chi connectivity index (χ0n) is 16.1. The number of hydrogen-bond acceptors (Lipinski definition) is 6. The van der Waals surface area contributed by atoms with E-state index in [2.05, 4.69) is 10.3 Å². The van der Waals surface area contributed by atoms with Crippen LogP contribution in [0.15, 0.2) is 54.6 Å². The van der Waals surface area contributed by atoms with Crippen molar-refractivity contribution in [2.45, 2.75) is 13.0 Å². The highest BCUT2D eigenvalue weighted by Crippen LogP contribution is 2.28. The maximum atomic E-state index is 12.4. The Labute approximate surface area is 172 Å². The van der Waals surface area contributed by atoms with E-state index in [-0.39, 0.29) is 24.4 Å². The molecule has 8 heteroatoms. The Balaban J connectivity index is 1.47. The zero-order chi connectivity index (χ0) is 20.8. The van der Waals surface area contributed by atoms with Crippen molar-refractivity contribution in [3.63, 3.8) is 0 Å². The summed E-state index contributed by atoms with van der Waals surface area (Å²) < 4.78 is 6.05. The lowest BCUT2D eigenvalue weighted by Crippen LogP contribution is -2.36. The highest BCUT2D eigenvalue weighted by atomic mass is 32.1. The maximum Gasteiger partial charge on any atom is 0.325 e. The van der Waals surface area contributed by atoms with Crippen molar-refractivity contribution in [2.24, 2.45) is 0 Å². The first-order valence-corrected chi connectivity index (χ1v) is 9.87. The lowest BCUT2D eigenvalue weighted by atomic mass is 10.2. The number of nitrogens with one attached hydrogen (secondary N) is 1. The molecule has 1 N–H and O–H groups in total. The number of aromatic nitrogens is 1. The Bertz CT molecular complexity index is 986. The number of ether oxygens (including phenoxy) is 1. The van der Waals surface area contributed by atoms with Gasteiger partial charge in [-0.1, -0.05) is 30.3 Å². The second kappa shape index (κ2) is 9.29. The molecule has 3 aromatic rings. The molecule has 0 aliphatic heterocycles. The van der Waals surface area contributed by atoms with Crippen molar-refractivity contribution < 1.29 is 19.1 Å². The molecule has 0 radical (unpaired) electrons. The third-order valence-corrected chi connectivity index (χ3v) is 5.63. The van der Waals surface area contributed by atoms with E-state index in [9.17, 15) is 14.4 Å². The highest BCUT2D eigenvalue weighted by molar-refractivity contribution is 7.18. The highest BCUT2D eigenvalue weighted by Gasteiger charge is 2.21. The topological polar surface area (TPSA) is 88.6 Å². The fraction of sp³-hybridized carbons (Fsp3) is 0.238. The van der Waals surface area contributed by atoms with Gasteiger partial charge in [0.25, 0.3) is 11.8 Å². The predicted octanol–water partition coefficient (Wildman–Crippen LogP) is 2.79. The van der Waals surface area contributed by atoms with Crippen LogP contribution in [0.5, 0.6) is 0 Å². The monoisotopic (exact) mass is 411 g/mol. The summed E-state index contributed by atoms with van der Waals surface area (Å²) in [7, 11) is 1.64. The van der Waals surface area contributed by atoms with Crippen molar-refractivity contribution in [1.29, 1.82) is 0 Å². The van der Waals surface area contributed by atoms with Crippen LogP contribution in [0.25, 0.3) is 10.2 Å². The third-order valence-electron chi connectivity index (χ3n) is 4.43. The van der Waals surface area contributed by atoms with Gasteiger partial charge in [0, 0.05) is 12.6 Å². The number of para-hydroxylation sites is 1. The molecule has 29 heavy (non-hydrogen) atoms. The average molecular weight is 411 g/mol. The number of benzene rings is 2. The van der Waals surface area contributed by atoms with Gasteiger partial charge in [-0.25, -0.2) is 4.98 Å². The van der Waals surface area contributed by atoms with Gasteiger partial charge in [-0.3, -0.25) is 14.4 Å². The van der Waals surface area contributed by atoms with Crippen LogP contribution in [-0.2, 0) is 14.3 Å². The summed E-state index contributed by atoms with van der Waals surface area (Å²) in [4.78, 5) is 42.2. The number of fused-ring (bicyclic) bond motifs is 1. The molecule has 0 spiro atoms. The van der Waals surface area contributed by atoms with E-state index in [0.717, 1.165) is 15.2 Å². The van der Waals surface area contributed by atoms with Crippen LogP contribution >= 0.6 is 11.3 Å². The van der Waals surface area contributed by atoms with E-state index in [1.54, 1.807) is 37.4 Å². The Morgan fingerprint density at radius 1 is 1.10 bits per heavy atom. The van der Waals surface area contributed by atoms with Crippen LogP contribution in [0.1, 0.15) is 28.3 Å². The Kier molecular flexibility index (Phi) is 6.56. The van der Waals surface area contributed by atoms with Crippen LogP contribution in [0.2, 0.25) is 0 Å².